The molecule has 176 valence electrons. The number of hydrogen-bond donors (Lipinski definition) is 2. The second-order valence-electron chi connectivity index (χ2n) is 7.84. The molecule has 1 fully saturated rings. The monoisotopic (exact) mass is 548 g/mol. The van der Waals surface area contributed by atoms with Crippen molar-refractivity contribution in [3.8, 4) is 0 Å². The molecule has 3 nitrogen and oxygen atoms in total. The summed E-state index contributed by atoms with van der Waals surface area (Å²) in [5.41, 5.74) is 7.39. The lowest BCUT2D eigenvalue weighted by molar-refractivity contribution is 0.290. The molecule has 33 heavy (non-hydrogen) atoms. The van der Waals surface area contributed by atoms with Crippen LogP contribution in [0, 0.1) is 0 Å². The van der Waals surface area contributed by atoms with Crippen molar-refractivity contribution in [2.24, 2.45) is 0 Å². The fourth-order valence-corrected chi connectivity index (χ4v) is 4.47. The van der Waals surface area contributed by atoms with Crippen LogP contribution in [0.4, 0.5) is 5.69 Å². The van der Waals surface area contributed by atoms with Crippen molar-refractivity contribution in [3.63, 3.8) is 0 Å². The van der Waals surface area contributed by atoms with E-state index in [0.717, 1.165) is 43.5 Å². The molecule has 2 N–H and O–H groups in total. The minimum atomic E-state index is 0. The van der Waals surface area contributed by atoms with Crippen molar-refractivity contribution in [1.29, 1.82) is 0 Å². The van der Waals surface area contributed by atoms with E-state index in [2.05, 4.69) is 105 Å². The van der Waals surface area contributed by atoms with Crippen molar-refractivity contribution in [1.82, 2.24) is 5.32 Å². The predicted octanol–water partition coefficient (Wildman–Crippen LogP) is 6.43. The number of aliphatic hydroxyl groups excluding tert-OH is 1. The summed E-state index contributed by atoms with van der Waals surface area (Å²) in [5.74, 6) is 0. The average molecular weight is 550 g/mol. The molecule has 3 aromatic rings. The fourth-order valence-electron chi connectivity index (χ4n) is 4.20. The van der Waals surface area contributed by atoms with Gasteiger partial charge in [0, 0.05) is 42.9 Å². The highest BCUT2D eigenvalue weighted by Crippen LogP contribution is 2.36. The number of allylic oxidation sites excluding steroid dienone is 1. The maximum atomic E-state index is 9.56. The Bertz CT molecular complexity index is 1000. The molecule has 6 heteroatoms. The highest BCUT2D eigenvalue weighted by molar-refractivity contribution is 9.10. The van der Waals surface area contributed by atoms with Gasteiger partial charge in [-0.05, 0) is 64.9 Å². The van der Waals surface area contributed by atoms with Gasteiger partial charge in [0.05, 0.1) is 0 Å². The SMILES string of the molecule is Cl.Cl.OCCC/C(=C(\c1ccc(Br)cc1)c1ccc(N2CCNCC2)cc1)c1ccccc1. The van der Waals surface area contributed by atoms with Gasteiger partial charge in [0.25, 0.3) is 0 Å². The van der Waals surface area contributed by atoms with Crippen LogP contribution in [-0.2, 0) is 0 Å². The molecule has 0 bridgehead atoms. The Morgan fingerprint density at radius 2 is 1.36 bits per heavy atom. The van der Waals surface area contributed by atoms with E-state index in [-0.39, 0.29) is 31.4 Å². The van der Waals surface area contributed by atoms with Crippen LogP contribution in [0.5, 0.6) is 0 Å². The number of piperazine rings is 1. The summed E-state index contributed by atoms with van der Waals surface area (Å²) in [4.78, 5) is 2.44. The lowest BCUT2D eigenvalue weighted by Crippen LogP contribution is -2.43. The van der Waals surface area contributed by atoms with Crippen molar-refractivity contribution >= 4 is 57.6 Å². The first-order valence-corrected chi connectivity index (χ1v) is 11.8. The summed E-state index contributed by atoms with van der Waals surface area (Å²) in [6, 6.07) is 28.1. The summed E-state index contributed by atoms with van der Waals surface area (Å²) in [5, 5.41) is 13.0. The van der Waals surface area contributed by atoms with Crippen LogP contribution in [0.25, 0.3) is 11.1 Å². The number of halogens is 3. The summed E-state index contributed by atoms with van der Waals surface area (Å²) in [6.45, 7) is 4.34. The van der Waals surface area contributed by atoms with E-state index in [1.165, 1.54) is 33.5 Å². The Morgan fingerprint density at radius 3 is 1.94 bits per heavy atom. The van der Waals surface area contributed by atoms with Gasteiger partial charge in [-0.1, -0.05) is 70.5 Å². The molecule has 0 spiro atoms. The Balaban J connectivity index is 0.00000193. The van der Waals surface area contributed by atoms with Crippen molar-refractivity contribution < 1.29 is 5.11 Å². The third-order valence-corrected chi connectivity index (χ3v) is 6.31. The second-order valence-corrected chi connectivity index (χ2v) is 8.75. The Morgan fingerprint density at radius 1 is 0.788 bits per heavy atom. The summed E-state index contributed by atoms with van der Waals surface area (Å²) < 4.78 is 1.07. The molecule has 3 aromatic carbocycles. The Kier molecular flexibility index (Phi) is 11.5. The standard InChI is InChI=1S/C27H29BrN2O.2ClH/c28-24-12-8-22(9-13-24)27(26(7-4-20-31)21-5-2-1-3-6-21)23-10-14-25(15-11-23)30-18-16-29-17-19-30;;/h1-3,5-6,8-15,29,31H,4,7,16-20H2;2*1H/b27-26-;;. The number of hydrogen-bond acceptors (Lipinski definition) is 3. The molecule has 0 atom stereocenters. The Hall–Kier alpha value is -1.82. The number of benzene rings is 3. The maximum absolute atomic E-state index is 9.56. The normalized spacial score (nSPS) is 14.1. The van der Waals surface area contributed by atoms with Crippen LogP contribution >= 0.6 is 40.7 Å². The first-order valence-electron chi connectivity index (χ1n) is 11.0. The van der Waals surface area contributed by atoms with Crippen molar-refractivity contribution in [3.05, 3.63) is 100 Å². The van der Waals surface area contributed by atoms with Crippen LogP contribution in [0.3, 0.4) is 0 Å². The Labute approximate surface area is 217 Å². The molecule has 0 radical (unpaired) electrons. The van der Waals surface area contributed by atoms with Crippen molar-refractivity contribution in [2.45, 2.75) is 12.8 Å². The number of nitrogens with zero attached hydrogens (tertiary/aromatic N) is 1. The van der Waals surface area contributed by atoms with Crippen LogP contribution in [0.15, 0.2) is 83.3 Å². The largest absolute Gasteiger partial charge is 0.396 e. The summed E-state index contributed by atoms with van der Waals surface area (Å²) in [6.07, 6.45) is 1.56. The van der Waals surface area contributed by atoms with Crippen LogP contribution in [0.2, 0.25) is 0 Å². The third-order valence-electron chi connectivity index (χ3n) is 5.78. The second kappa shape index (κ2) is 13.8. The topological polar surface area (TPSA) is 35.5 Å². The minimum absolute atomic E-state index is 0. The van der Waals surface area contributed by atoms with Crippen LogP contribution in [-0.4, -0.2) is 37.9 Å². The maximum Gasteiger partial charge on any atom is 0.0434 e. The number of rotatable bonds is 7. The van der Waals surface area contributed by atoms with E-state index in [1.807, 2.05) is 0 Å². The van der Waals surface area contributed by atoms with Gasteiger partial charge in [-0.15, -0.1) is 24.8 Å². The quantitative estimate of drug-likeness (QED) is 0.333. The van der Waals surface area contributed by atoms with Gasteiger partial charge in [-0.3, -0.25) is 0 Å². The lowest BCUT2D eigenvalue weighted by atomic mass is 9.87. The zero-order valence-electron chi connectivity index (χ0n) is 18.5. The molecule has 0 aliphatic carbocycles. The molecule has 4 rings (SSSR count). The smallest absolute Gasteiger partial charge is 0.0434 e. The molecule has 0 amide bonds. The van der Waals surface area contributed by atoms with E-state index in [4.69, 9.17) is 0 Å². The zero-order chi connectivity index (χ0) is 21.5. The summed E-state index contributed by atoms with van der Waals surface area (Å²) >= 11 is 3.57. The number of anilines is 1. The molecule has 0 saturated carbocycles. The van der Waals surface area contributed by atoms with Gasteiger partial charge in [-0.25, -0.2) is 0 Å². The van der Waals surface area contributed by atoms with E-state index in [0.29, 0.717) is 0 Å². The first-order chi connectivity index (χ1) is 15.3. The van der Waals surface area contributed by atoms with E-state index in [9.17, 15) is 5.11 Å². The molecule has 1 saturated heterocycles. The average Bonchev–Trinajstić information content (AvgIpc) is 2.84. The van der Waals surface area contributed by atoms with Gasteiger partial charge < -0.3 is 15.3 Å². The van der Waals surface area contributed by atoms with E-state index < -0.39 is 0 Å². The minimum Gasteiger partial charge on any atom is -0.396 e. The lowest BCUT2D eigenvalue weighted by Gasteiger charge is -2.29. The third kappa shape index (κ3) is 7.08. The predicted molar refractivity (Wildman–Crippen MR) is 149 cm³/mol. The zero-order valence-corrected chi connectivity index (χ0v) is 21.8. The van der Waals surface area contributed by atoms with E-state index in [1.54, 1.807) is 0 Å². The van der Waals surface area contributed by atoms with Gasteiger partial charge in [0.1, 0.15) is 0 Å². The highest BCUT2D eigenvalue weighted by atomic mass is 79.9. The molecule has 0 aromatic heterocycles. The molecular weight excluding hydrogens is 519 g/mol. The first kappa shape index (κ1) is 27.4. The van der Waals surface area contributed by atoms with E-state index >= 15 is 0 Å². The molecule has 1 aliphatic rings. The molecular formula is C27H31BrCl2N2O. The van der Waals surface area contributed by atoms with Crippen LogP contribution < -0.4 is 10.2 Å². The summed E-state index contributed by atoms with van der Waals surface area (Å²) in [7, 11) is 0. The highest BCUT2D eigenvalue weighted by Gasteiger charge is 2.16. The van der Waals surface area contributed by atoms with Gasteiger partial charge in [-0.2, -0.15) is 0 Å². The molecule has 0 unspecified atom stereocenters. The van der Waals surface area contributed by atoms with Crippen molar-refractivity contribution in [2.75, 3.05) is 37.7 Å². The van der Waals surface area contributed by atoms with Crippen LogP contribution in [0.1, 0.15) is 29.5 Å². The fraction of sp³-hybridized carbons (Fsp3) is 0.259. The molecule has 1 aliphatic heterocycles. The van der Waals surface area contributed by atoms with Gasteiger partial charge >= 0.3 is 0 Å². The number of aliphatic hydroxyl groups is 1. The van der Waals surface area contributed by atoms with Gasteiger partial charge in [0.2, 0.25) is 0 Å². The van der Waals surface area contributed by atoms with Gasteiger partial charge in [0.15, 0.2) is 0 Å². The molecule has 1 heterocycles. The number of nitrogens with one attached hydrogen (secondary N) is 1.